The van der Waals surface area contributed by atoms with Crippen molar-refractivity contribution in [1.29, 1.82) is 0 Å². The van der Waals surface area contributed by atoms with Crippen molar-refractivity contribution in [2.75, 3.05) is 46.8 Å². The zero-order chi connectivity index (χ0) is 96.9. The minimum Gasteiger partial charge on any atom is -0.485 e. The van der Waals surface area contributed by atoms with Crippen molar-refractivity contribution >= 4 is 123 Å². The van der Waals surface area contributed by atoms with E-state index in [1.807, 2.05) is 112 Å². The molecule has 0 fully saturated rings. The summed E-state index contributed by atoms with van der Waals surface area (Å²) in [5.41, 5.74) is 13.5. The number of nitro groups is 2. The normalized spacial score (nSPS) is 20.3. The number of aryl methyl sites for hydroxylation is 8. The molecule has 0 aliphatic heterocycles. The Morgan fingerprint density at radius 1 is 0.393 bits per heavy atom. The number of benzene rings is 10. The summed E-state index contributed by atoms with van der Waals surface area (Å²) in [6.07, 6.45) is 21.4. The fraction of sp³-hybridized carbons (Fsp3) is 0.385. The lowest BCUT2D eigenvalue weighted by Crippen LogP contribution is -2.41. The van der Waals surface area contributed by atoms with E-state index in [1.54, 1.807) is 42.5 Å². The molecule has 0 saturated carbocycles. The number of aliphatic hydroxyl groups is 2. The van der Waals surface area contributed by atoms with E-state index in [9.17, 15) is 64.0 Å². The van der Waals surface area contributed by atoms with Crippen LogP contribution in [-0.4, -0.2) is 115 Å². The number of ketones is 2. The lowest BCUT2D eigenvalue weighted by molar-refractivity contribution is -0.386. The van der Waals surface area contributed by atoms with Gasteiger partial charge in [-0.2, -0.15) is 0 Å². The highest BCUT2D eigenvalue weighted by Gasteiger charge is 2.45. The van der Waals surface area contributed by atoms with Gasteiger partial charge in [0.2, 0.25) is 0 Å². The molecule has 6 aliphatic carbocycles. The van der Waals surface area contributed by atoms with Gasteiger partial charge < -0.3 is 48.3 Å². The van der Waals surface area contributed by atoms with E-state index in [-0.39, 0.29) is 116 Å². The van der Waals surface area contributed by atoms with Gasteiger partial charge in [-0.1, -0.05) is 163 Å². The minimum absolute atomic E-state index is 0. The van der Waals surface area contributed by atoms with E-state index in [2.05, 4.69) is 45.0 Å². The number of aliphatic hydroxyl groups excluding tert-OH is 2. The Hall–Kier alpha value is -10.5. The summed E-state index contributed by atoms with van der Waals surface area (Å²) >= 11 is 36.4. The molecule has 135 heavy (non-hydrogen) atoms. The maximum absolute atomic E-state index is 12.3. The van der Waals surface area contributed by atoms with Crippen molar-refractivity contribution in [2.45, 2.75) is 223 Å². The summed E-state index contributed by atoms with van der Waals surface area (Å²) in [6.45, 7) is 13.6. The van der Waals surface area contributed by atoms with E-state index in [0.29, 0.717) is 50.5 Å². The quantitative estimate of drug-likeness (QED) is 0.0177. The Labute approximate surface area is 820 Å². The molecule has 26 heteroatoms. The molecule has 0 aromatic heterocycles. The van der Waals surface area contributed by atoms with Gasteiger partial charge in [-0.25, -0.2) is 9.59 Å². The Morgan fingerprint density at radius 3 is 1.01 bits per heavy atom. The number of ether oxygens (including phenoxy) is 5. The first-order valence-electron chi connectivity index (χ1n) is 45.3. The van der Waals surface area contributed by atoms with E-state index in [1.165, 1.54) is 85.3 Å². The third-order valence-corrected chi connectivity index (χ3v) is 28.9. The molecule has 10 aromatic carbocycles. The number of nitrogens with zero attached hydrogens (tertiary/aromatic N) is 2. The zero-order valence-electron chi connectivity index (χ0n) is 76.8. The van der Waals surface area contributed by atoms with Crippen LogP contribution in [0.1, 0.15) is 251 Å². The first kappa shape index (κ1) is 107. The van der Waals surface area contributed by atoms with Crippen LogP contribution in [0.2, 0.25) is 30.1 Å². The summed E-state index contributed by atoms with van der Waals surface area (Å²) in [4.78, 5) is 105. The van der Waals surface area contributed by atoms with Crippen LogP contribution in [0.25, 0.3) is 0 Å². The van der Waals surface area contributed by atoms with Gasteiger partial charge in [-0.3, -0.25) is 29.8 Å². The van der Waals surface area contributed by atoms with Gasteiger partial charge in [0.15, 0.2) is 23.1 Å². The number of carbonyl (C=O) groups is 7. The van der Waals surface area contributed by atoms with Crippen LogP contribution in [0.15, 0.2) is 194 Å². The second-order valence-corrected chi connectivity index (χ2v) is 38.4. The Balaban J connectivity index is 0.000000169. The smallest absolute Gasteiger partial charge is 0.338 e. The molecule has 0 radical (unpaired) electrons. The first-order valence-corrected chi connectivity index (χ1v) is 47.6. The molecular formula is C109H118Cl6N2O18. The maximum Gasteiger partial charge on any atom is 0.338 e. The first-order chi connectivity index (χ1) is 64.1. The van der Waals surface area contributed by atoms with Gasteiger partial charge in [0.25, 0.3) is 0 Å². The fourth-order valence-corrected chi connectivity index (χ4v) is 20.8. The van der Waals surface area contributed by atoms with Crippen LogP contribution in [-0.2, 0) is 99.6 Å². The largest absolute Gasteiger partial charge is 0.485 e. The van der Waals surface area contributed by atoms with Gasteiger partial charge >= 0.3 is 23.3 Å². The number of hydrogen-bond acceptors (Lipinski definition) is 18. The number of carbonyl (C=O) groups excluding carboxylic acids is 7. The maximum atomic E-state index is 12.3. The van der Waals surface area contributed by atoms with E-state index < -0.39 is 37.5 Å². The third-order valence-electron chi connectivity index (χ3n) is 27.5. The number of halogens is 6. The average Bonchev–Trinajstić information content (AvgIpc) is 0.774. The Morgan fingerprint density at radius 2 is 0.689 bits per heavy atom. The van der Waals surface area contributed by atoms with E-state index in [4.69, 9.17) is 93.3 Å². The Bertz CT molecular complexity index is 5770. The molecule has 2 unspecified atom stereocenters. The van der Waals surface area contributed by atoms with E-state index in [0.717, 1.165) is 181 Å². The summed E-state index contributed by atoms with van der Waals surface area (Å²) < 4.78 is 28.2. The molecule has 6 aliphatic rings. The molecule has 7 atom stereocenters. The highest BCUT2D eigenvalue weighted by atomic mass is 35.5. The van der Waals surface area contributed by atoms with Crippen LogP contribution in [0.5, 0.6) is 11.5 Å². The lowest BCUT2D eigenvalue weighted by atomic mass is 9.65. The molecule has 0 bridgehead atoms. The predicted octanol–water partition coefficient (Wildman–Crippen LogP) is 25.3. The van der Waals surface area contributed by atoms with Gasteiger partial charge in [-0.15, -0.1) is 0 Å². The van der Waals surface area contributed by atoms with Crippen LogP contribution in [0.3, 0.4) is 0 Å². The highest BCUT2D eigenvalue weighted by molar-refractivity contribution is 6.32. The molecule has 0 amide bonds. The number of fused-ring (bicyclic) bond motifs is 6. The molecule has 20 nitrogen and oxygen atoms in total. The van der Waals surface area contributed by atoms with Gasteiger partial charge in [0, 0.05) is 71.3 Å². The van der Waals surface area contributed by atoms with Crippen LogP contribution in [0.4, 0.5) is 11.4 Å². The molecule has 0 heterocycles. The van der Waals surface area contributed by atoms with Crippen molar-refractivity contribution in [2.24, 2.45) is 0 Å². The molecular weight excluding hydrogens is 1840 g/mol. The number of aldehydes is 3. The molecule has 10 aromatic rings. The topological polar surface area (TPSA) is 292 Å². The standard InChI is InChI=1S/2C20H18ClNO5.C20H21ClO3.C20H19ClO3.C15H21ClO.C13H17ClO.CH4/c2*1-13(24)14-4-7-19(18(10-14)22(25)26)27-12-20(11-23)8-2-3-15-9-16(21)5-6-17(15)20;2*1-14-4-6-15(7-5-14)19(23)24-13-20(12-22)10-2-3-16-11-17(21)8-9-18(16)20;1-4-15(11(2)17-3)9-5-6-12-10-13(16)7-8-14(12)15;1-2-13(9-15)7-3-4-10-8-11(14)5-6-12(10)13;/h2*4-7,9-11H,2-3,8,12H2,1H3;4-9,11,22H,2-3,10,12-13H2,1H3;4-9,11-12H,2-3,10,13H2,1H3;7-8,10-11H,4-6,9H2,1-3H3;5-6,8,15H,2-4,7,9H2,1H3;1H4/t4*20-;11?,15-;;/m00000../s1. The Kier molecular flexibility index (Phi) is 37.9. The third kappa shape index (κ3) is 25.3. The second kappa shape index (κ2) is 48.0. The van der Waals surface area contributed by atoms with Crippen LogP contribution in [0, 0.1) is 34.1 Å². The van der Waals surface area contributed by atoms with Crippen molar-refractivity contribution in [3.05, 3.63) is 345 Å². The van der Waals surface area contributed by atoms with Gasteiger partial charge in [0.1, 0.15) is 45.3 Å². The summed E-state index contributed by atoms with van der Waals surface area (Å²) in [5, 5.41) is 46.6. The van der Waals surface area contributed by atoms with Crippen molar-refractivity contribution in [3.8, 4) is 11.5 Å². The molecule has 0 saturated heterocycles. The monoisotopic (exact) mass is 1950 g/mol. The SMILES string of the molecule is C.CC(=O)c1ccc(OC[C@@]2(C=O)CCCc3cc(Cl)ccc32)c([N+](=O)[O-])c1.CC(=O)c1ccc(OC[C@@]2(C=O)CCCc3cc(Cl)ccc32)c([N+](=O)[O-])c1.CCC1(CO)CCCc2cc(Cl)ccc21.CC[C@@]1(C(C)OC)CCCc2cc(Cl)ccc21.Cc1ccc(C(=O)OC[C@@]2(C=O)CCCc3cc(Cl)ccc32)cc1.Cc1ccc(C(=O)OC[C@@]2(CO)CCCc3cc(Cl)ccc32)cc1. The van der Waals surface area contributed by atoms with Crippen molar-refractivity contribution < 1.29 is 77.3 Å². The number of methoxy groups -OCH3 is 1. The second-order valence-electron chi connectivity index (χ2n) is 35.8. The molecule has 714 valence electrons. The number of nitro benzene ring substituents is 2. The van der Waals surface area contributed by atoms with Gasteiger partial charge in [-0.05, 0) is 351 Å². The number of rotatable bonds is 25. The molecule has 0 spiro atoms. The minimum atomic E-state index is -0.884. The average molecular weight is 1960 g/mol. The summed E-state index contributed by atoms with van der Waals surface area (Å²) in [6, 6.07) is 57.2. The number of hydrogen-bond donors (Lipinski definition) is 2. The summed E-state index contributed by atoms with van der Waals surface area (Å²) in [5.74, 6) is -1.24. The lowest BCUT2D eigenvalue weighted by Gasteiger charge is -2.42. The van der Waals surface area contributed by atoms with Gasteiger partial charge in [0.05, 0.1) is 62.0 Å². The summed E-state index contributed by atoms with van der Waals surface area (Å²) in [7, 11) is 1.81. The van der Waals surface area contributed by atoms with Crippen molar-refractivity contribution in [3.63, 3.8) is 0 Å². The molecule has 2 N–H and O–H groups in total. The number of Topliss-reactive ketones (excluding diaryl/α,β-unsaturated/α-hetero) is 2. The predicted molar refractivity (Wildman–Crippen MR) is 533 cm³/mol. The highest BCUT2D eigenvalue weighted by Crippen LogP contribution is 2.48. The van der Waals surface area contributed by atoms with Crippen molar-refractivity contribution in [1.82, 2.24) is 0 Å². The zero-order valence-corrected chi connectivity index (χ0v) is 81.3. The molecule has 16 rings (SSSR count). The van der Waals surface area contributed by atoms with Crippen LogP contribution >= 0.6 is 69.6 Å². The fourth-order valence-electron chi connectivity index (χ4n) is 19.6. The van der Waals surface area contributed by atoms with E-state index >= 15 is 0 Å². The number of esters is 2. The van der Waals surface area contributed by atoms with Crippen LogP contribution < -0.4 is 9.47 Å².